The molecule has 0 fully saturated rings. The molecule has 0 aromatic heterocycles. The zero-order valence-electron chi connectivity index (χ0n) is 10.2. The number of anilines is 1. The molecule has 0 saturated heterocycles. The lowest BCUT2D eigenvalue weighted by Crippen LogP contribution is -2.17. The van der Waals surface area contributed by atoms with E-state index in [4.69, 9.17) is 5.26 Å². The van der Waals surface area contributed by atoms with E-state index in [1.54, 1.807) is 20.2 Å². The first-order valence-electron chi connectivity index (χ1n) is 5.10. The first kappa shape index (κ1) is 14.6. The zero-order chi connectivity index (χ0) is 14.6. The fourth-order valence-electron chi connectivity index (χ4n) is 1.21. The van der Waals surface area contributed by atoms with Crippen molar-refractivity contribution in [3.05, 3.63) is 41.4 Å². The summed E-state index contributed by atoms with van der Waals surface area (Å²) in [7, 11) is 3.17. The molecule has 0 spiro atoms. The van der Waals surface area contributed by atoms with E-state index in [1.165, 1.54) is 11.1 Å². The van der Waals surface area contributed by atoms with Crippen molar-refractivity contribution in [1.29, 1.82) is 5.26 Å². The molecule has 1 aromatic rings. The predicted octanol–water partition coefficient (Wildman–Crippen LogP) is 2.01. The van der Waals surface area contributed by atoms with Crippen molar-refractivity contribution >= 4 is 11.6 Å². The van der Waals surface area contributed by atoms with Gasteiger partial charge in [-0.1, -0.05) is 0 Å². The average molecular weight is 269 g/mol. The maximum absolute atomic E-state index is 13.3. The average Bonchev–Trinajstić information content (AvgIpc) is 2.36. The van der Waals surface area contributed by atoms with Gasteiger partial charge in [-0.2, -0.15) is 5.26 Å². The van der Waals surface area contributed by atoms with Crippen LogP contribution in [0, 0.1) is 28.8 Å². The van der Waals surface area contributed by atoms with Gasteiger partial charge in [0.05, 0.1) is 5.69 Å². The summed E-state index contributed by atoms with van der Waals surface area (Å²) in [6, 6.07) is 3.16. The van der Waals surface area contributed by atoms with Crippen LogP contribution in [0.15, 0.2) is 23.9 Å². The van der Waals surface area contributed by atoms with Crippen LogP contribution < -0.4 is 5.32 Å². The van der Waals surface area contributed by atoms with Crippen LogP contribution in [0.2, 0.25) is 0 Å². The highest BCUT2D eigenvalue weighted by Gasteiger charge is 2.17. The van der Waals surface area contributed by atoms with Crippen LogP contribution in [0.5, 0.6) is 0 Å². The van der Waals surface area contributed by atoms with Gasteiger partial charge in [0.25, 0.3) is 5.91 Å². The molecule has 0 aliphatic carbocycles. The molecule has 4 nitrogen and oxygen atoms in total. The van der Waals surface area contributed by atoms with E-state index in [1.807, 2.05) is 5.32 Å². The Bertz CT molecular complexity index is 576. The highest BCUT2D eigenvalue weighted by Crippen LogP contribution is 2.20. The van der Waals surface area contributed by atoms with E-state index in [2.05, 4.69) is 0 Å². The quantitative estimate of drug-likeness (QED) is 0.519. The Kier molecular flexibility index (Phi) is 4.53. The second-order valence-electron chi connectivity index (χ2n) is 3.80. The van der Waals surface area contributed by atoms with E-state index in [-0.39, 0.29) is 5.57 Å². The summed E-state index contributed by atoms with van der Waals surface area (Å²) in [5, 5.41) is 10.8. The molecule has 0 heterocycles. The first-order valence-corrected chi connectivity index (χ1v) is 5.10. The monoisotopic (exact) mass is 269 g/mol. The maximum atomic E-state index is 13.3. The highest BCUT2D eigenvalue weighted by molar-refractivity contribution is 6.06. The van der Waals surface area contributed by atoms with E-state index < -0.39 is 29.0 Å². The van der Waals surface area contributed by atoms with Gasteiger partial charge in [-0.3, -0.25) is 4.79 Å². The van der Waals surface area contributed by atoms with Crippen LogP contribution in [0.1, 0.15) is 0 Å². The molecule has 1 rings (SSSR count). The summed E-state index contributed by atoms with van der Waals surface area (Å²) in [6.45, 7) is 0. The number of carbonyl (C=O) groups is 1. The lowest BCUT2D eigenvalue weighted by atomic mass is 10.2. The largest absolute Gasteiger partial charge is 0.382 e. The topological polar surface area (TPSA) is 56.1 Å². The molecule has 19 heavy (non-hydrogen) atoms. The SMILES string of the molecule is CN(C)/C=C(/C#N)C(=O)Nc1ccc(F)c(F)c1F. The van der Waals surface area contributed by atoms with Gasteiger partial charge in [0, 0.05) is 20.3 Å². The molecule has 1 amide bonds. The summed E-state index contributed by atoms with van der Waals surface area (Å²) < 4.78 is 39.0. The fourth-order valence-corrected chi connectivity index (χ4v) is 1.21. The Balaban J connectivity index is 3.01. The number of rotatable bonds is 3. The van der Waals surface area contributed by atoms with Crippen LogP contribution in [-0.2, 0) is 4.79 Å². The zero-order valence-corrected chi connectivity index (χ0v) is 10.2. The predicted molar refractivity (Wildman–Crippen MR) is 62.3 cm³/mol. The lowest BCUT2D eigenvalue weighted by molar-refractivity contribution is -0.112. The van der Waals surface area contributed by atoms with Gasteiger partial charge < -0.3 is 10.2 Å². The Labute approximate surface area is 107 Å². The van der Waals surface area contributed by atoms with Gasteiger partial charge in [0.1, 0.15) is 11.6 Å². The van der Waals surface area contributed by atoms with Crippen LogP contribution in [0.25, 0.3) is 0 Å². The van der Waals surface area contributed by atoms with Gasteiger partial charge in [-0.15, -0.1) is 0 Å². The maximum Gasteiger partial charge on any atom is 0.267 e. The molecule has 7 heteroatoms. The number of halogens is 3. The number of carbonyl (C=O) groups excluding carboxylic acids is 1. The van der Waals surface area contributed by atoms with E-state index in [0.717, 1.165) is 6.07 Å². The van der Waals surface area contributed by atoms with Crippen LogP contribution in [0.4, 0.5) is 18.9 Å². The Hall–Kier alpha value is -2.49. The molecule has 0 saturated carbocycles. The van der Waals surface area contributed by atoms with Crippen molar-refractivity contribution in [2.24, 2.45) is 0 Å². The number of hydrogen-bond donors (Lipinski definition) is 1. The van der Waals surface area contributed by atoms with Crippen molar-refractivity contribution in [2.75, 3.05) is 19.4 Å². The Morgan fingerprint density at radius 1 is 1.32 bits per heavy atom. The first-order chi connectivity index (χ1) is 8.86. The van der Waals surface area contributed by atoms with Crippen molar-refractivity contribution in [3.63, 3.8) is 0 Å². The Morgan fingerprint density at radius 3 is 2.47 bits per heavy atom. The molecule has 0 unspecified atom stereocenters. The number of benzene rings is 1. The van der Waals surface area contributed by atoms with E-state index >= 15 is 0 Å². The minimum Gasteiger partial charge on any atom is -0.382 e. The van der Waals surface area contributed by atoms with Gasteiger partial charge in [-0.25, -0.2) is 13.2 Å². The third kappa shape index (κ3) is 3.48. The molecule has 0 radical (unpaired) electrons. The number of nitriles is 1. The molecule has 1 aromatic carbocycles. The van der Waals surface area contributed by atoms with Gasteiger partial charge in [-0.05, 0) is 12.1 Å². The standard InChI is InChI=1S/C12H10F3N3O/c1-18(2)6-7(5-16)12(19)17-9-4-3-8(13)10(14)11(9)15/h3-4,6H,1-2H3,(H,17,19)/b7-6-. The molecule has 0 atom stereocenters. The molecule has 1 N–H and O–H groups in total. The number of nitrogens with one attached hydrogen (secondary N) is 1. The molecule has 0 aliphatic heterocycles. The summed E-state index contributed by atoms with van der Waals surface area (Å²) in [4.78, 5) is 13.1. The number of hydrogen-bond acceptors (Lipinski definition) is 3. The summed E-state index contributed by atoms with van der Waals surface area (Å²) in [5.41, 5.74) is -0.835. The van der Waals surface area contributed by atoms with Crippen molar-refractivity contribution in [2.45, 2.75) is 0 Å². The van der Waals surface area contributed by atoms with Gasteiger partial charge in [0.2, 0.25) is 0 Å². The fraction of sp³-hybridized carbons (Fsp3) is 0.167. The van der Waals surface area contributed by atoms with E-state index in [0.29, 0.717) is 6.07 Å². The van der Waals surface area contributed by atoms with E-state index in [9.17, 15) is 18.0 Å². The molecule has 100 valence electrons. The Morgan fingerprint density at radius 2 is 1.95 bits per heavy atom. The van der Waals surface area contributed by atoms with Crippen LogP contribution in [0.3, 0.4) is 0 Å². The summed E-state index contributed by atoms with van der Waals surface area (Å²) in [6.07, 6.45) is 1.22. The lowest BCUT2D eigenvalue weighted by Gasteiger charge is -2.08. The van der Waals surface area contributed by atoms with Crippen molar-refractivity contribution < 1.29 is 18.0 Å². The van der Waals surface area contributed by atoms with Crippen molar-refractivity contribution in [1.82, 2.24) is 4.90 Å². The minimum atomic E-state index is -1.69. The normalized spacial score (nSPS) is 10.8. The van der Waals surface area contributed by atoms with Gasteiger partial charge >= 0.3 is 0 Å². The van der Waals surface area contributed by atoms with Gasteiger partial charge in [0.15, 0.2) is 17.5 Å². The molecular weight excluding hydrogens is 259 g/mol. The molecule has 0 aliphatic rings. The molecular formula is C12H10F3N3O. The van der Waals surface area contributed by atoms with Crippen LogP contribution >= 0.6 is 0 Å². The van der Waals surface area contributed by atoms with Crippen LogP contribution in [-0.4, -0.2) is 24.9 Å². The third-order valence-corrected chi connectivity index (χ3v) is 2.04. The smallest absolute Gasteiger partial charge is 0.267 e. The summed E-state index contributed by atoms with van der Waals surface area (Å²) in [5.74, 6) is -5.48. The highest BCUT2D eigenvalue weighted by atomic mass is 19.2. The molecule has 0 bridgehead atoms. The third-order valence-electron chi connectivity index (χ3n) is 2.04. The van der Waals surface area contributed by atoms with Crippen molar-refractivity contribution in [3.8, 4) is 6.07 Å². The second-order valence-corrected chi connectivity index (χ2v) is 3.80. The number of amides is 1. The summed E-state index contributed by atoms with van der Waals surface area (Å²) >= 11 is 0. The number of nitrogens with zero attached hydrogens (tertiary/aromatic N) is 2. The second kappa shape index (κ2) is 5.91. The minimum absolute atomic E-state index is 0.297.